The van der Waals surface area contributed by atoms with Gasteiger partial charge in [-0.2, -0.15) is 0 Å². The van der Waals surface area contributed by atoms with Crippen molar-refractivity contribution in [1.82, 2.24) is 20.5 Å². The van der Waals surface area contributed by atoms with Gasteiger partial charge in [0.2, 0.25) is 5.56 Å². The molecule has 1 amide bonds. The summed E-state index contributed by atoms with van der Waals surface area (Å²) < 4.78 is 18.0. The predicted octanol–water partition coefficient (Wildman–Crippen LogP) is 5.42. The van der Waals surface area contributed by atoms with Crippen LogP contribution in [0.1, 0.15) is 47.2 Å². The molecule has 0 spiro atoms. The van der Waals surface area contributed by atoms with E-state index in [4.69, 9.17) is 14.2 Å². The van der Waals surface area contributed by atoms with Crippen LogP contribution in [0, 0.1) is 5.92 Å². The van der Waals surface area contributed by atoms with E-state index in [1.807, 2.05) is 78.9 Å². The van der Waals surface area contributed by atoms with Gasteiger partial charge in [-0.1, -0.05) is 60.7 Å². The predicted molar refractivity (Wildman–Crippen MR) is 198 cm³/mol. The molecule has 3 aliphatic rings. The highest BCUT2D eigenvalue weighted by Gasteiger charge is 2.37. The average molecular weight is 705 g/mol. The lowest BCUT2D eigenvalue weighted by Crippen LogP contribution is -2.52. The largest absolute Gasteiger partial charge is 0.506 e. The lowest BCUT2D eigenvalue weighted by Gasteiger charge is -2.43. The van der Waals surface area contributed by atoms with E-state index in [9.17, 15) is 19.8 Å². The molecule has 52 heavy (non-hydrogen) atoms. The smallest absolute Gasteiger partial charge is 0.408 e. The number of fused-ring (bicyclic) bond motifs is 4. The maximum absolute atomic E-state index is 13.2. The monoisotopic (exact) mass is 704 g/mol. The molecule has 270 valence electrons. The van der Waals surface area contributed by atoms with Gasteiger partial charge in [0.1, 0.15) is 36.6 Å². The van der Waals surface area contributed by atoms with E-state index in [1.165, 1.54) is 12.1 Å². The number of hydrogen-bond acceptors (Lipinski definition) is 9. The summed E-state index contributed by atoms with van der Waals surface area (Å²) in [5.41, 5.74) is 3.39. The fourth-order valence-electron chi connectivity index (χ4n) is 7.20. The molecule has 2 bridgehead atoms. The van der Waals surface area contributed by atoms with Crippen LogP contribution in [0.15, 0.2) is 108 Å². The number of hydrogen-bond donors (Lipinski definition) is 5. The summed E-state index contributed by atoms with van der Waals surface area (Å²) in [7, 11) is 0. The molecule has 3 saturated heterocycles. The molecule has 3 fully saturated rings. The van der Waals surface area contributed by atoms with Crippen molar-refractivity contribution in [3.05, 3.63) is 136 Å². The number of aliphatic hydroxyl groups excluding tert-OH is 1. The maximum atomic E-state index is 13.2. The van der Waals surface area contributed by atoms with E-state index >= 15 is 0 Å². The van der Waals surface area contributed by atoms with Crippen LogP contribution < -0.4 is 25.7 Å². The lowest BCUT2D eigenvalue weighted by atomic mass is 9.86. The number of aliphatic hydroxyl groups is 1. The SMILES string of the molecule is O=C(N[C@@H](c1ccccc1)c1cccc(OCCOc2cccc(CNC[C@H](O)c3ccc(O)c4[nH]c(=O)ccc34)c2)c1)O[C@H]1CN2CCC1CC2. The molecule has 5 N–H and O–H groups in total. The van der Waals surface area contributed by atoms with Crippen LogP contribution in [-0.2, 0) is 11.3 Å². The van der Waals surface area contributed by atoms with Gasteiger partial charge in [0, 0.05) is 31.1 Å². The number of phenolic OH excluding ortho intramolecular Hbond substituents is 1. The van der Waals surface area contributed by atoms with Crippen LogP contribution >= 0.6 is 0 Å². The fourth-order valence-corrected chi connectivity index (χ4v) is 7.20. The van der Waals surface area contributed by atoms with E-state index in [1.54, 1.807) is 12.1 Å². The number of ether oxygens (including phenoxy) is 3. The molecule has 11 heteroatoms. The van der Waals surface area contributed by atoms with Crippen molar-refractivity contribution in [3.63, 3.8) is 0 Å². The Labute approximate surface area is 302 Å². The summed E-state index contributed by atoms with van der Waals surface area (Å²) in [6.45, 7) is 4.36. The average Bonchev–Trinajstić information content (AvgIpc) is 3.17. The van der Waals surface area contributed by atoms with Crippen LogP contribution in [0.3, 0.4) is 0 Å². The minimum Gasteiger partial charge on any atom is -0.506 e. The first-order valence-electron chi connectivity index (χ1n) is 17.8. The molecule has 0 radical (unpaired) electrons. The van der Waals surface area contributed by atoms with Gasteiger partial charge >= 0.3 is 6.09 Å². The lowest BCUT2D eigenvalue weighted by molar-refractivity contribution is -0.0336. The standard InChI is InChI=1S/C41H44N4O7/c46-35-14-12-33(34-13-15-38(48)43-40(34)35)36(47)25-42-24-27-6-4-10-31(22-27)50-20-21-51-32-11-5-9-30(23-32)39(29-7-2-1-3-8-29)44-41(49)52-37-26-45-18-16-28(37)17-19-45/h1-15,22-23,28,36-37,39,42,46-47H,16-21,24-26H2,(H,43,48)(H,44,49)/t36-,37-,39-/m0/s1. The molecular formula is C41H44N4O7. The number of H-pyrrole nitrogens is 1. The van der Waals surface area contributed by atoms with Crippen molar-refractivity contribution in [2.75, 3.05) is 39.4 Å². The van der Waals surface area contributed by atoms with Gasteiger partial charge < -0.3 is 40.0 Å². The normalized spacial score (nSPS) is 19.1. The number of aromatic amines is 1. The molecule has 0 aliphatic carbocycles. The van der Waals surface area contributed by atoms with Crippen molar-refractivity contribution in [2.45, 2.75) is 37.6 Å². The Morgan fingerprint density at radius 2 is 1.60 bits per heavy atom. The summed E-state index contributed by atoms with van der Waals surface area (Å²) >= 11 is 0. The summed E-state index contributed by atoms with van der Waals surface area (Å²) in [6, 6.07) is 31.0. The first-order valence-corrected chi connectivity index (χ1v) is 17.8. The molecular weight excluding hydrogens is 660 g/mol. The van der Waals surface area contributed by atoms with Gasteiger partial charge in [-0.3, -0.25) is 9.69 Å². The van der Waals surface area contributed by atoms with E-state index in [2.05, 4.69) is 20.5 Å². The molecule has 5 aromatic rings. The molecule has 3 atom stereocenters. The Balaban J connectivity index is 0.904. The third-order valence-corrected chi connectivity index (χ3v) is 9.89. The Morgan fingerprint density at radius 1 is 0.865 bits per heavy atom. The molecule has 3 aliphatic heterocycles. The number of carbonyl (C=O) groups excluding carboxylic acids is 1. The van der Waals surface area contributed by atoms with Gasteiger partial charge in [0.25, 0.3) is 0 Å². The minimum absolute atomic E-state index is 0.0465. The number of aromatic nitrogens is 1. The Morgan fingerprint density at radius 3 is 2.35 bits per heavy atom. The third kappa shape index (κ3) is 8.56. The highest BCUT2D eigenvalue weighted by Crippen LogP contribution is 2.31. The van der Waals surface area contributed by atoms with Gasteiger partial charge in [0.15, 0.2) is 0 Å². The van der Waals surface area contributed by atoms with Crippen molar-refractivity contribution < 1.29 is 29.2 Å². The number of benzene rings is 4. The molecule has 0 unspecified atom stereocenters. The van der Waals surface area contributed by atoms with Crippen LogP contribution in [0.25, 0.3) is 10.9 Å². The minimum atomic E-state index is -0.855. The number of aromatic hydroxyl groups is 1. The second-order valence-electron chi connectivity index (χ2n) is 13.4. The fraction of sp³-hybridized carbons (Fsp3) is 0.317. The molecule has 1 aromatic heterocycles. The van der Waals surface area contributed by atoms with Crippen LogP contribution in [0.4, 0.5) is 4.79 Å². The van der Waals surface area contributed by atoms with Crippen molar-refractivity contribution >= 4 is 17.0 Å². The van der Waals surface area contributed by atoms with Crippen molar-refractivity contribution in [1.29, 1.82) is 0 Å². The number of nitrogens with zero attached hydrogens (tertiary/aromatic N) is 1. The summed E-state index contributed by atoms with van der Waals surface area (Å²) in [4.78, 5) is 29.9. The third-order valence-electron chi connectivity index (χ3n) is 9.89. The topological polar surface area (TPSA) is 145 Å². The number of phenols is 1. The number of piperidine rings is 3. The molecule has 4 aromatic carbocycles. The Hall–Kier alpha value is -5.36. The van der Waals surface area contributed by atoms with Crippen LogP contribution in [-0.4, -0.2) is 71.7 Å². The number of pyridine rings is 1. The van der Waals surface area contributed by atoms with Crippen molar-refractivity contribution in [2.24, 2.45) is 5.92 Å². The summed E-state index contributed by atoms with van der Waals surface area (Å²) in [5.74, 6) is 1.74. The number of rotatable bonds is 14. The van der Waals surface area contributed by atoms with E-state index < -0.39 is 18.2 Å². The van der Waals surface area contributed by atoms with Crippen molar-refractivity contribution in [3.8, 4) is 17.2 Å². The second-order valence-corrected chi connectivity index (χ2v) is 13.4. The zero-order valence-corrected chi connectivity index (χ0v) is 28.9. The molecule has 11 nitrogen and oxygen atoms in total. The van der Waals surface area contributed by atoms with Crippen LogP contribution in [0.2, 0.25) is 0 Å². The first kappa shape index (κ1) is 35.1. The molecule has 4 heterocycles. The quantitative estimate of drug-likeness (QED) is 0.0957. The Bertz CT molecular complexity index is 2030. The summed E-state index contributed by atoms with van der Waals surface area (Å²) in [5, 5.41) is 28.0. The van der Waals surface area contributed by atoms with Gasteiger partial charge in [-0.15, -0.1) is 0 Å². The number of nitrogens with one attached hydrogen (secondary N) is 3. The highest BCUT2D eigenvalue weighted by molar-refractivity contribution is 5.87. The van der Waals surface area contributed by atoms with Crippen LogP contribution in [0.5, 0.6) is 17.2 Å². The van der Waals surface area contributed by atoms with E-state index in [0.717, 1.165) is 49.2 Å². The molecule has 0 saturated carbocycles. The van der Waals surface area contributed by atoms with Gasteiger partial charge in [-0.05, 0) is 90.5 Å². The number of alkyl carbamates (subject to hydrolysis) is 1. The van der Waals surface area contributed by atoms with E-state index in [0.29, 0.717) is 53.6 Å². The maximum Gasteiger partial charge on any atom is 0.408 e. The Kier molecular flexibility index (Phi) is 11.0. The highest BCUT2D eigenvalue weighted by atomic mass is 16.6. The second kappa shape index (κ2) is 16.3. The van der Waals surface area contributed by atoms with E-state index in [-0.39, 0.29) is 24.0 Å². The van der Waals surface area contributed by atoms with Gasteiger partial charge in [0.05, 0.1) is 17.7 Å². The molecule has 8 rings (SSSR count). The summed E-state index contributed by atoms with van der Waals surface area (Å²) in [6.07, 6.45) is 0.802. The zero-order chi connectivity index (χ0) is 35.9. The number of amides is 1. The zero-order valence-electron chi connectivity index (χ0n) is 28.9. The van der Waals surface area contributed by atoms with Gasteiger partial charge in [-0.25, -0.2) is 4.79 Å². The first-order chi connectivity index (χ1) is 25.4. The number of carbonyl (C=O) groups is 1.